The second-order valence-corrected chi connectivity index (χ2v) is 8.55. The standard InChI is InChI=1S/C12H8ClN3O3.C12H10ClN3O/c1-19-12-8(13)4-7-6-2-3-14-5-9(6)15-10(7)11(12)16(17)18;1-17-12-8(13)4-7-6-2-3-15-5-9(6)16-11(7)10(12)14/h2-5,15H,1H3;2-5,16H,14H2,1H3. The topological polar surface area (TPSA) is 145 Å². The summed E-state index contributed by atoms with van der Waals surface area (Å²) in [6.07, 6.45) is 6.73. The summed E-state index contributed by atoms with van der Waals surface area (Å²) in [5.41, 5.74) is 9.24. The summed E-state index contributed by atoms with van der Waals surface area (Å²) in [7, 11) is 2.90. The first-order chi connectivity index (χ1) is 17.3. The smallest absolute Gasteiger partial charge is 0.336 e. The number of ether oxygens (including phenoxy) is 2. The van der Waals surface area contributed by atoms with E-state index < -0.39 is 4.92 Å². The third kappa shape index (κ3) is 3.67. The van der Waals surface area contributed by atoms with Crippen LogP contribution in [0.25, 0.3) is 43.6 Å². The molecule has 0 bridgehead atoms. The Hall–Kier alpha value is -4.28. The van der Waals surface area contributed by atoms with E-state index >= 15 is 0 Å². The number of hydrogen-bond acceptors (Lipinski definition) is 7. The molecule has 0 saturated carbocycles. The molecule has 0 fully saturated rings. The van der Waals surface area contributed by atoms with Gasteiger partial charge in [0.25, 0.3) is 0 Å². The molecule has 0 aliphatic carbocycles. The van der Waals surface area contributed by atoms with Crippen molar-refractivity contribution in [1.82, 2.24) is 19.9 Å². The number of pyridine rings is 2. The number of hydrogen-bond donors (Lipinski definition) is 3. The van der Waals surface area contributed by atoms with Gasteiger partial charge in [0.1, 0.15) is 11.2 Å². The summed E-state index contributed by atoms with van der Waals surface area (Å²) in [5, 5.41) is 15.5. The Balaban J connectivity index is 0.000000149. The Morgan fingerprint density at radius 3 is 1.89 bits per heavy atom. The van der Waals surface area contributed by atoms with Crippen LogP contribution >= 0.6 is 23.2 Å². The van der Waals surface area contributed by atoms with Gasteiger partial charge in [0.15, 0.2) is 5.75 Å². The van der Waals surface area contributed by atoms with Gasteiger partial charge in [-0.25, -0.2) is 0 Å². The van der Waals surface area contributed by atoms with Crippen molar-refractivity contribution < 1.29 is 14.4 Å². The molecule has 6 rings (SSSR count). The van der Waals surface area contributed by atoms with Crippen LogP contribution in [0.2, 0.25) is 10.0 Å². The minimum absolute atomic E-state index is 0.0543. The lowest BCUT2D eigenvalue weighted by Gasteiger charge is -2.07. The first-order valence-electron chi connectivity index (χ1n) is 10.5. The summed E-state index contributed by atoms with van der Waals surface area (Å²) >= 11 is 12.2. The number of benzene rings is 2. The summed E-state index contributed by atoms with van der Waals surface area (Å²) in [5.74, 6) is 0.553. The zero-order valence-electron chi connectivity index (χ0n) is 18.9. The quantitative estimate of drug-likeness (QED) is 0.141. The number of methoxy groups -OCH3 is 2. The number of rotatable bonds is 3. The summed E-state index contributed by atoms with van der Waals surface area (Å²) in [6, 6.07) is 7.21. The Morgan fingerprint density at radius 2 is 1.36 bits per heavy atom. The molecule has 0 saturated heterocycles. The highest BCUT2D eigenvalue weighted by molar-refractivity contribution is 6.35. The van der Waals surface area contributed by atoms with Crippen molar-refractivity contribution in [1.29, 1.82) is 0 Å². The van der Waals surface area contributed by atoms with Crippen LogP contribution in [0.5, 0.6) is 11.5 Å². The van der Waals surface area contributed by atoms with Gasteiger partial charge >= 0.3 is 5.69 Å². The molecule has 6 aromatic rings. The molecule has 0 radical (unpaired) electrons. The predicted octanol–water partition coefficient (Wildman–Crippen LogP) is 6.25. The average Bonchev–Trinajstić information content (AvgIpc) is 3.42. The summed E-state index contributed by atoms with van der Waals surface area (Å²) in [4.78, 5) is 25.0. The zero-order valence-corrected chi connectivity index (χ0v) is 20.4. The third-order valence-corrected chi connectivity index (χ3v) is 6.37. The van der Waals surface area contributed by atoms with Gasteiger partial charge in [-0.15, -0.1) is 0 Å². The van der Waals surface area contributed by atoms with E-state index in [-0.39, 0.29) is 16.5 Å². The largest absolute Gasteiger partial charge is 0.493 e. The van der Waals surface area contributed by atoms with E-state index in [4.69, 9.17) is 38.4 Å². The highest BCUT2D eigenvalue weighted by atomic mass is 35.5. The van der Waals surface area contributed by atoms with Gasteiger partial charge in [-0.1, -0.05) is 23.2 Å². The molecule has 4 heterocycles. The molecule has 0 spiro atoms. The molecular weight excluding hydrogens is 507 g/mol. The fraction of sp³-hybridized carbons (Fsp3) is 0.0833. The van der Waals surface area contributed by atoms with Crippen LogP contribution in [-0.4, -0.2) is 39.1 Å². The first kappa shape index (κ1) is 23.5. The maximum absolute atomic E-state index is 11.3. The van der Waals surface area contributed by atoms with Crippen LogP contribution in [0.4, 0.5) is 11.4 Å². The number of nitrogens with one attached hydrogen (secondary N) is 2. The number of anilines is 1. The van der Waals surface area contributed by atoms with E-state index in [1.165, 1.54) is 7.11 Å². The van der Waals surface area contributed by atoms with Crippen molar-refractivity contribution in [3.8, 4) is 11.5 Å². The predicted molar refractivity (Wildman–Crippen MR) is 141 cm³/mol. The van der Waals surface area contributed by atoms with Gasteiger partial charge in [0.05, 0.1) is 58.1 Å². The van der Waals surface area contributed by atoms with E-state index in [0.717, 1.165) is 27.2 Å². The van der Waals surface area contributed by atoms with Crippen LogP contribution in [0.3, 0.4) is 0 Å². The zero-order chi connectivity index (χ0) is 25.6. The third-order valence-electron chi connectivity index (χ3n) is 5.81. The molecule has 0 amide bonds. The molecule has 12 heteroatoms. The Morgan fingerprint density at radius 1 is 0.861 bits per heavy atom. The van der Waals surface area contributed by atoms with Gasteiger partial charge in [0, 0.05) is 33.9 Å². The van der Waals surface area contributed by atoms with Crippen LogP contribution in [0, 0.1) is 10.1 Å². The summed E-state index contributed by atoms with van der Waals surface area (Å²) in [6.45, 7) is 0. The maximum atomic E-state index is 11.3. The number of aromatic nitrogens is 4. The second-order valence-electron chi connectivity index (χ2n) is 7.74. The number of H-pyrrole nitrogens is 2. The highest BCUT2D eigenvalue weighted by Crippen LogP contribution is 2.43. The normalized spacial score (nSPS) is 11.1. The molecule has 10 nitrogen and oxygen atoms in total. The van der Waals surface area contributed by atoms with E-state index in [1.54, 1.807) is 44.0 Å². The van der Waals surface area contributed by atoms with Crippen LogP contribution in [0.1, 0.15) is 0 Å². The Kier molecular flexibility index (Phi) is 5.91. The SMILES string of the molecule is COc1c(Cl)cc2c([nH]c3cnccc32)c1N.COc1c(Cl)cc2c([nH]c3cnccc32)c1[N+](=O)[O-]. The van der Waals surface area contributed by atoms with Crippen LogP contribution in [-0.2, 0) is 0 Å². The minimum atomic E-state index is -0.504. The van der Waals surface area contributed by atoms with Crippen LogP contribution < -0.4 is 15.2 Å². The maximum Gasteiger partial charge on any atom is 0.336 e. The fourth-order valence-electron chi connectivity index (χ4n) is 4.26. The van der Waals surface area contributed by atoms with Crippen LogP contribution in [0.15, 0.2) is 49.1 Å². The van der Waals surface area contributed by atoms with E-state index in [0.29, 0.717) is 32.9 Å². The lowest BCUT2D eigenvalue weighted by Crippen LogP contribution is -1.95. The lowest BCUT2D eigenvalue weighted by molar-refractivity contribution is -0.384. The van der Waals surface area contributed by atoms with Crippen molar-refractivity contribution in [3.63, 3.8) is 0 Å². The molecule has 0 aliphatic rings. The van der Waals surface area contributed by atoms with Gasteiger partial charge in [0.2, 0.25) is 5.75 Å². The van der Waals surface area contributed by atoms with Crippen molar-refractivity contribution in [2.24, 2.45) is 0 Å². The number of nitrogens with zero attached hydrogens (tertiary/aromatic N) is 3. The molecule has 0 atom stereocenters. The van der Waals surface area contributed by atoms with Gasteiger partial charge in [-0.2, -0.15) is 0 Å². The molecule has 0 unspecified atom stereocenters. The van der Waals surface area contributed by atoms with Crippen molar-refractivity contribution >= 4 is 78.2 Å². The molecule has 4 aromatic heterocycles. The number of nitro benzene ring substituents is 1. The van der Waals surface area contributed by atoms with E-state index in [2.05, 4.69) is 19.9 Å². The van der Waals surface area contributed by atoms with Crippen molar-refractivity contribution in [2.75, 3.05) is 20.0 Å². The van der Waals surface area contributed by atoms with Gasteiger partial charge in [-0.05, 0) is 24.3 Å². The fourth-order valence-corrected chi connectivity index (χ4v) is 4.82. The molecular formula is C24H18Cl2N6O4. The second kappa shape index (κ2) is 9.06. The van der Waals surface area contributed by atoms with Crippen molar-refractivity contribution in [2.45, 2.75) is 0 Å². The monoisotopic (exact) mass is 524 g/mol. The molecule has 2 aromatic carbocycles. The van der Waals surface area contributed by atoms with Crippen molar-refractivity contribution in [3.05, 3.63) is 69.2 Å². The molecule has 36 heavy (non-hydrogen) atoms. The number of aromatic amines is 2. The minimum Gasteiger partial charge on any atom is -0.493 e. The van der Waals surface area contributed by atoms with E-state index in [9.17, 15) is 10.1 Å². The van der Waals surface area contributed by atoms with Gasteiger partial charge < -0.3 is 25.2 Å². The van der Waals surface area contributed by atoms with Gasteiger partial charge in [-0.3, -0.25) is 20.1 Å². The lowest BCUT2D eigenvalue weighted by atomic mass is 10.1. The first-order valence-corrected chi connectivity index (χ1v) is 11.2. The van der Waals surface area contributed by atoms with E-state index in [1.807, 2.05) is 12.1 Å². The average molecular weight is 525 g/mol. The number of halogens is 2. The number of nitrogen functional groups attached to an aromatic ring is 1. The Bertz CT molecular complexity index is 1800. The molecule has 182 valence electrons. The molecule has 0 aliphatic heterocycles. The molecule has 4 N–H and O–H groups in total. The summed E-state index contributed by atoms with van der Waals surface area (Å²) < 4.78 is 10.2. The number of nitro groups is 1. The highest BCUT2D eigenvalue weighted by Gasteiger charge is 2.25. The number of nitrogens with two attached hydrogens (primary N) is 1. The number of fused-ring (bicyclic) bond motifs is 6. The Labute approximate surface area is 213 Å².